The lowest BCUT2D eigenvalue weighted by Crippen LogP contribution is -2.19. The fourth-order valence-corrected chi connectivity index (χ4v) is 2.11. The van der Waals surface area contributed by atoms with Gasteiger partial charge in [0.1, 0.15) is 0 Å². The summed E-state index contributed by atoms with van der Waals surface area (Å²) in [6, 6.07) is 1.22. The SMILES string of the molecule is COc1nccc(C(N)CC2CCCO2)c1F. The van der Waals surface area contributed by atoms with Crippen LogP contribution in [0.5, 0.6) is 5.88 Å². The van der Waals surface area contributed by atoms with E-state index in [0.717, 1.165) is 19.4 Å². The van der Waals surface area contributed by atoms with Crippen molar-refractivity contribution in [3.8, 4) is 5.88 Å². The third-order valence-electron chi connectivity index (χ3n) is 3.02. The second kappa shape index (κ2) is 5.42. The van der Waals surface area contributed by atoms with Crippen molar-refractivity contribution in [2.24, 2.45) is 5.73 Å². The zero-order valence-corrected chi connectivity index (χ0v) is 9.86. The molecular formula is C12H17FN2O2. The minimum Gasteiger partial charge on any atom is -0.479 e. The summed E-state index contributed by atoms with van der Waals surface area (Å²) < 4.78 is 24.2. The van der Waals surface area contributed by atoms with Crippen LogP contribution >= 0.6 is 0 Å². The van der Waals surface area contributed by atoms with E-state index in [2.05, 4.69) is 4.98 Å². The van der Waals surface area contributed by atoms with E-state index in [1.165, 1.54) is 13.3 Å². The van der Waals surface area contributed by atoms with Crippen LogP contribution in [0.1, 0.15) is 30.9 Å². The Kier molecular flexibility index (Phi) is 3.91. The quantitative estimate of drug-likeness (QED) is 0.871. The van der Waals surface area contributed by atoms with Gasteiger partial charge in [0.25, 0.3) is 0 Å². The van der Waals surface area contributed by atoms with Gasteiger partial charge < -0.3 is 15.2 Å². The normalized spacial score (nSPS) is 21.5. The molecule has 5 heteroatoms. The van der Waals surface area contributed by atoms with Gasteiger partial charge in [0, 0.05) is 24.4 Å². The minimum absolute atomic E-state index is 0.00899. The number of nitrogens with two attached hydrogens (primary N) is 1. The van der Waals surface area contributed by atoms with Gasteiger partial charge in [-0.25, -0.2) is 9.37 Å². The molecule has 1 aromatic rings. The van der Waals surface area contributed by atoms with Crippen LogP contribution in [0, 0.1) is 5.82 Å². The molecule has 17 heavy (non-hydrogen) atoms. The van der Waals surface area contributed by atoms with Gasteiger partial charge in [0.2, 0.25) is 5.88 Å². The Labute approximate surface area is 99.9 Å². The number of methoxy groups -OCH3 is 1. The number of rotatable bonds is 4. The van der Waals surface area contributed by atoms with E-state index < -0.39 is 5.82 Å². The summed E-state index contributed by atoms with van der Waals surface area (Å²) in [6.45, 7) is 0.777. The van der Waals surface area contributed by atoms with Gasteiger partial charge in [-0.15, -0.1) is 0 Å². The minimum atomic E-state index is -0.472. The van der Waals surface area contributed by atoms with Crippen molar-refractivity contribution >= 4 is 0 Å². The van der Waals surface area contributed by atoms with E-state index in [9.17, 15) is 4.39 Å². The Morgan fingerprint density at radius 3 is 3.18 bits per heavy atom. The molecule has 2 heterocycles. The third kappa shape index (κ3) is 2.73. The number of halogens is 1. The Balaban J connectivity index is 2.09. The fraction of sp³-hybridized carbons (Fsp3) is 0.583. The lowest BCUT2D eigenvalue weighted by molar-refractivity contribution is 0.0979. The first-order valence-corrected chi connectivity index (χ1v) is 5.78. The van der Waals surface area contributed by atoms with E-state index >= 15 is 0 Å². The van der Waals surface area contributed by atoms with E-state index in [1.54, 1.807) is 6.07 Å². The highest BCUT2D eigenvalue weighted by atomic mass is 19.1. The van der Waals surface area contributed by atoms with Crippen molar-refractivity contribution in [2.45, 2.75) is 31.4 Å². The molecular weight excluding hydrogens is 223 g/mol. The molecule has 2 rings (SSSR count). The molecule has 2 N–H and O–H groups in total. The smallest absolute Gasteiger partial charge is 0.250 e. The van der Waals surface area contributed by atoms with E-state index in [0.29, 0.717) is 12.0 Å². The second-order valence-electron chi connectivity index (χ2n) is 4.20. The average Bonchev–Trinajstić information content (AvgIpc) is 2.82. The van der Waals surface area contributed by atoms with E-state index in [-0.39, 0.29) is 18.0 Å². The van der Waals surface area contributed by atoms with Gasteiger partial charge in [-0.05, 0) is 25.3 Å². The first-order chi connectivity index (χ1) is 8.22. The van der Waals surface area contributed by atoms with Gasteiger partial charge in [0.05, 0.1) is 13.2 Å². The van der Waals surface area contributed by atoms with Crippen molar-refractivity contribution in [3.63, 3.8) is 0 Å². The molecule has 0 saturated carbocycles. The van der Waals surface area contributed by atoms with E-state index in [4.69, 9.17) is 15.2 Å². The zero-order valence-electron chi connectivity index (χ0n) is 9.86. The summed E-state index contributed by atoms with van der Waals surface area (Å²) in [5.41, 5.74) is 6.43. The van der Waals surface area contributed by atoms with Crippen molar-refractivity contribution in [1.29, 1.82) is 0 Å². The van der Waals surface area contributed by atoms with Crippen LogP contribution in [0.25, 0.3) is 0 Å². The lowest BCUT2D eigenvalue weighted by Gasteiger charge is -2.17. The standard InChI is InChI=1S/C12H17FN2O2/c1-16-12-11(13)9(4-5-15-12)10(14)7-8-3-2-6-17-8/h4-5,8,10H,2-3,6-7,14H2,1H3. The van der Waals surface area contributed by atoms with Gasteiger partial charge in [-0.3, -0.25) is 0 Å². The number of nitrogens with zero attached hydrogens (tertiary/aromatic N) is 1. The monoisotopic (exact) mass is 240 g/mol. The molecule has 1 fully saturated rings. The molecule has 1 aliphatic heterocycles. The predicted molar refractivity (Wildman–Crippen MR) is 61.3 cm³/mol. The molecule has 0 radical (unpaired) electrons. The Morgan fingerprint density at radius 2 is 2.53 bits per heavy atom. The molecule has 0 spiro atoms. The summed E-state index contributed by atoms with van der Waals surface area (Å²) in [6.07, 6.45) is 4.33. The van der Waals surface area contributed by atoms with Crippen LogP contribution in [0.15, 0.2) is 12.3 Å². The van der Waals surface area contributed by atoms with Crippen LogP contribution < -0.4 is 10.5 Å². The van der Waals surface area contributed by atoms with Crippen molar-refractivity contribution in [1.82, 2.24) is 4.98 Å². The molecule has 0 aliphatic carbocycles. The highest BCUT2D eigenvalue weighted by molar-refractivity contribution is 5.26. The summed E-state index contributed by atoms with van der Waals surface area (Å²) in [4.78, 5) is 3.79. The predicted octanol–water partition coefficient (Wildman–Crippen LogP) is 1.80. The zero-order chi connectivity index (χ0) is 12.3. The maximum Gasteiger partial charge on any atom is 0.250 e. The molecule has 2 atom stereocenters. The fourth-order valence-electron chi connectivity index (χ4n) is 2.11. The first-order valence-electron chi connectivity index (χ1n) is 5.78. The van der Waals surface area contributed by atoms with E-state index in [1.807, 2.05) is 0 Å². The van der Waals surface area contributed by atoms with Crippen molar-refractivity contribution in [2.75, 3.05) is 13.7 Å². The van der Waals surface area contributed by atoms with Crippen molar-refractivity contribution in [3.05, 3.63) is 23.6 Å². The average molecular weight is 240 g/mol. The maximum atomic E-state index is 13.9. The Hall–Kier alpha value is -1.20. The molecule has 2 unspecified atom stereocenters. The maximum absolute atomic E-state index is 13.9. The number of aromatic nitrogens is 1. The van der Waals surface area contributed by atoms with Gasteiger partial charge in [-0.2, -0.15) is 0 Å². The lowest BCUT2D eigenvalue weighted by atomic mass is 10.0. The second-order valence-corrected chi connectivity index (χ2v) is 4.20. The first kappa shape index (κ1) is 12.3. The Morgan fingerprint density at radius 1 is 1.71 bits per heavy atom. The molecule has 1 aromatic heterocycles. The van der Waals surface area contributed by atoms with Gasteiger partial charge in [0.15, 0.2) is 5.82 Å². The Bertz CT molecular complexity index is 381. The van der Waals surface area contributed by atoms with Crippen LogP contribution in [0.4, 0.5) is 4.39 Å². The molecule has 0 amide bonds. The third-order valence-corrected chi connectivity index (χ3v) is 3.02. The number of hydrogen-bond donors (Lipinski definition) is 1. The van der Waals surface area contributed by atoms with Crippen molar-refractivity contribution < 1.29 is 13.9 Å². The molecule has 0 bridgehead atoms. The highest BCUT2D eigenvalue weighted by Gasteiger charge is 2.22. The largest absolute Gasteiger partial charge is 0.479 e. The summed E-state index contributed by atoms with van der Waals surface area (Å²) >= 11 is 0. The topological polar surface area (TPSA) is 57.4 Å². The molecule has 4 nitrogen and oxygen atoms in total. The molecule has 1 saturated heterocycles. The number of hydrogen-bond acceptors (Lipinski definition) is 4. The molecule has 1 aliphatic rings. The highest BCUT2D eigenvalue weighted by Crippen LogP contribution is 2.27. The summed E-state index contributed by atoms with van der Waals surface area (Å²) in [5.74, 6) is -0.481. The van der Waals surface area contributed by atoms with Crippen LogP contribution in [0.3, 0.4) is 0 Å². The summed E-state index contributed by atoms with van der Waals surface area (Å²) in [7, 11) is 1.39. The van der Waals surface area contributed by atoms with Gasteiger partial charge >= 0.3 is 0 Å². The molecule has 0 aromatic carbocycles. The van der Waals surface area contributed by atoms with Gasteiger partial charge in [-0.1, -0.05) is 0 Å². The number of pyridine rings is 1. The van der Waals surface area contributed by atoms with Crippen LogP contribution in [0.2, 0.25) is 0 Å². The molecule has 94 valence electrons. The summed E-state index contributed by atoms with van der Waals surface area (Å²) in [5, 5.41) is 0. The van der Waals surface area contributed by atoms with Crippen LogP contribution in [-0.2, 0) is 4.74 Å². The van der Waals surface area contributed by atoms with Crippen LogP contribution in [-0.4, -0.2) is 24.8 Å². The number of ether oxygens (including phenoxy) is 2.